The summed E-state index contributed by atoms with van der Waals surface area (Å²) in [5.74, 6) is 0.785. The number of rotatable bonds is 2. The molecule has 1 aliphatic rings. The van der Waals surface area contributed by atoms with Crippen LogP contribution in [0.2, 0.25) is 0 Å². The summed E-state index contributed by atoms with van der Waals surface area (Å²) in [6, 6.07) is 8.14. The molecule has 1 saturated carbocycles. The Bertz CT molecular complexity index is 592. The third-order valence-electron chi connectivity index (χ3n) is 4.35. The number of nitrogens with two attached hydrogens (primary N) is 1. The maximum atomic E-state index is 6.04. The smallest absolute Gasteiger partial charge is 0.184 e. The largest absolute Gasteiger partial charge is 0.398 e. The Morgan fingerprint density at radius 1 is 1.20 bits per heavy atom. The van der Waals surface area contributed by atoms with Crippen molar-refractivity contribution in [3.63, 3.8) is 0 Å². The van der Waals surface area contributed by atoms with E-state index in [9.17, 15) is 0 Å². The zero-order valence-corrected chi connectivity index (χ0v) is 12.1. The van der Waals surface area contributed by atoms with Crippen LogP contribution in [-0.2, 0) is 0 Å². The van der Waals surface area contributed by atoms with Crippen LogP contribution in [-0.4, -0.2) is 20.2 Å². The zero-order chi connectivity index (χ0) is 14.2. The van der Waals surface area contributed by atoms with Crippen LogP contribution in [0.5, 0.6) is 0 Å². The Balaban J connectivity index is 1.90. The molecule has 0 radical (unpaired) electrons. The highest BCUT2D eigenvalue weighted by Crippen LogP contribution is 2.41. The molecule has 0 spiro atoms. The van der Waals surface area contributed by atoms with Gasteiger partial charge in [0.2, 0.25) is 0 Å². The lowest BCUT2D eigenvalue weighted by molar-refractivity contribution is 0.185. The molecule has 2 aromatic rings. The number of hydrogen-bond acceptors (Lipinski definition) is 4. The molecule has 1 aromatic carbocycles. The number of nitrogens with zero attached hydrogens (tertiary/aromatic N) is 4. The van der Waals surface area contributed by atoms with E-state index < -0.39 is 0 Å². The van der Waals surface area contributed by atoms with E-state index in [1.54, 1.807) is 0 Å². The van der Waals surface area contributed by atoms with E-state index in [1.165, 1.54) is 12.8 Å². The van der Waals surface area contributed by atoms with Gasteiger partial charge in [0.1, 0.15) is 0 Å². The molecular formula is C15H21N5. The first-order valence-corrected chi connectivity index (χ1v) is 7.20. The molecule has 0 saturated heterocycles. The Kier molecular flexibility index (Phi) is 3.20. The fraction of sp³-hybridized carbons (Fsp3) is 0.533. The van der Waals surface area contributed by atoms with E-state index in [4.69, 9.17) is 5.73 Å². The monoisotopic (exact) mass is 271 g/mol. The highest BCUT2D eigenvalue weighted by atomic mass is 15.5. The highest BCUT2D eigenvalue weighted by Gasteiger charge is 2.30. The van der Waals surface area contributed by atoms with Gasteiger partial charge in [-0.15, -0.1) is 5.10 Å². The number of aromatic nitrogens is 4. The molecule has 0 bridgehead atoms. The van der Waals surface area contributed by atoms with Gasteiger partial charge >= 0.3 is 0 Å². The predicted molar refractivity (Wildman–Crippen MR) is 79.0 cm³/mol. The van der Waals surface area contributed by atoms with Crippen molar-refractivity contribution in [3.8, 4) is 11.4 Å². The van der Waals surface area contributed by atoms with Gasteiger partial charge in [0.25, 0.3) is 0 Å². The fourth-order valence-electron chi connectivity index (χ4n) is 2.95. The highest BCUT2D eigenvalue weighted by molar-refractivity contribution is 5.71. The normalized spacial score (nSPS) is 19.1. The quantitative estimate of drug-likeness (QED) is 0.852. The molecule has 0 atom stereocenters. The van der Waals surface area contributed by atoms with Gasteiger partial charge in [-0.1, -0.05) is 26.0 Å². The van der Waals surface area contributed by atoms with E-state index in [-0.39, 0.29) is 0 Å². The van der Waals surface area contributed by atoms with Crippen LogP contribution < -0.4 is 5.73 Å². The van der Waals surface area contributed by atoms with E-state index >= 15 is 0 Å². The van der Waals surface area contributed by atoms with Crippen molar-refractivity contribution < 1.29 is 0 Å². The van der Waals surface area contributed by atoms with Gasteiger partial charge in [-0.2, -0.15) is 0 Å². The molecule has 0 amide bonds. The number of para-hydroxylation sites is 1. The second-order valence-electron chi connectivity index (χ2n) is 6.43. The van der Waals surface area contributed by atoms with Crippen LogP contribution in [0.25, 0.3) is 11.4 Å². The first kappa shape index (κ1) is 13.1. The first-order chi connectivity index (χ1) is 9.57. The minimum Gasteiger partial charge on any atom is -0.398 e. The van der Waals surface area contributed by atoms with Crippen LogP contribution in [0.4, 0.5) is 5.69 Å². The van der Waals surface area contributed by atoms with Gasteiger partial charge in [0.05, 0.1) is 6.04 Å². The molecule has 106 valence electrons. The van der Waals surface area contributed by atoms with Crippen molar-refractivity contribution in [2.24, 2.45) is 5.41 Å². The molecule has 2 N–H and O–H groups in total. The fourth-order valence-corrected chi connectivity index (χ4v) is 2.95. The summed E-state index contributed by atoms with van der Waals surface area (Å²) in [6.45, 7) is 4.66. The van der Waals surface area contributed by atoms with Gasteiger partial charge in [0.15, 0.2) is 5.82 Å². The minimum atomic E-state index is 0.382. The molecule has 5 heteroatoms. The van der Waals surface area contributed by atoms with E-state index in [0.717, 1.165) is 29.9 Å². The average Bonchev–Trinajstić information content (AvgIpc) is 2.88. The molecule has 1 heterocycles. The summed E-state index contributed by atoms with van der Waals surface area (Å²) < 4.78 is 1.96. The number of benzene rings is 1. The van der Waals surface area contributed by atoms with Crippen LogP contribution >= 0.6 is 0 Å². The Labute approximate surface area is 119 Å². The lowest BCUT2D eigenvalue weighted by atomic mass is 9.75. The van der Waals surface area contributed by atoms with E-state index in [2.05, 4.69) is 29.4 Å². The molecule has 1 fully saturated rings. The molecule has 20 heavy (non-hydrogen) atoms. The lowest BCUT2D eigenvalue weighted by Gasteiger charge is -2.34. The van der Waals surface area contributed by atoms with Crippen LogP contribution in [0.3, 0.4) is 0 Å². The Hall–Kier alpha value is -1.91. The van der Waals surface area contributed by atoms with Crippen molar-refractivity contribution in [3.05, 3.63) is 24.3 Å². The molecule has 5 nitrogen and oxygen atoms in total. The average molecular weight is 271 g/mol. The van der Waals surface area contributed by atoms with Crippen LogP contribution in [0.15, 0.2) is 24.3 Å². The number of anilines is 1. The molecule has 0 aliphatic heterocycles. The van der Waals surface area contributed by atoms with Gasteiger partial charge in [-0.25, -0.2) is 4.68 Å². The van der Waals surface area contributed by atoms with Crippen LogP contribution in [0, 0.1) is 5.41 Å². The minimum absolute atomic E-state index is 0.382. The standard InChI is InChI=1S/C15H21N5/c1-15(2)9-7-11(8-10-15)20-14(17-18-19-20)12-5-3-4-6-13(12)16/h3-6,11H,7-10,16H2,1-2H3. The third-order valence-corrected chi connectivity index (χ3v) is 4.35. The maximum absolute atomic E-state index is 6.04. The first-order valence-electron chi connectivity index (χ1n) is 7.20. The zero-order valence-electron chi connectivity index (χ0n) is 12.1. The second-order valence-corrected chi connectivity index (χ2v) is 6.43. The Morgan fingerprint density at radius 2 is 1.90 bits per heavy atom. The summed E-state index contributed by atoms with van der Waals surface area (Å²) >= 11 is 0. The van der Waals surface area contributed by atoms with Gasteiger partial charge < -0.3 is 5.73 Å². The number of hydrogen-bond donors (Lipinski definition) is 1. The molecule has 1 aromatic heterocycles. The van der Waals surface area contributed by atoms with Crippen LogP contribution in [0.1, 0.15) is 45.6 Å². The molecule has 1 aliphatic carbocycles. The van der Waals surface area contributed by atoms with Crippen molar-refractivity contribution >= 4 is 5.69 Å². The molecule has 0 unspecified atom stereocenters. The van der Waals surface area contributed by atoms with Gasteiger partial charge in [-0.05, 0) is 53.7 Å². The van der Waals surface area contributed by atoms with Crippen molar-refractivity contribution in [2.45, 2.75) is 45.6 Å². The van der Waals surface area contributed by atoms with Crippen molar-refractivity contribution in [2.75, 3.05) is 5.73 Å². The summed E-state index contributed by atoms with van der Waals surface area (Å²) in [5, 5.41) is 12.2. The molecule has 3 rings (SSSR count). The summed E-state index contributed by atoms with van der Waals surface area (Å²) in [6.07, 6.45) is 4.66. The van der Waals surface area contributed by atoms with E-state index in [0.29, 0.717) is 11.5 Å². The Morgan fingerprint density at radius 3 is 2.60 bits per heavy atom. The van der Waals surface area contributed by atoms with Gasteiger partial charge in [-0.3, -0.25) is 0 Å². The third kappa shape index (κ3) is 2.40. The summed E-state index contributed by atoms with van der Waals surface area (Å²) in [4.78, 5) is 0. The topological polar surface area (TPSA) is 69.6 Å². The SMILES string of the molecule is CC1(C)CCC(n2nnnc2-c2ccccc2N)CC1. The van der Waals surface area contributed by atoms with Crippen molar-refractivity contribution in [1.82, 2.24) is 20.2 Å². The predicted octanol–water partition coefficient (Wildman–Crippen LogP) is 3.06. The number of tetrazole rings is 1. The maximum Gasteiger partial charge on any atom is 0.184 e. The second kappa shape index (κ2) is 4.89. The molecular weight excluding hydrogens is 250 g/mol. The summed E-state index contributed by atoms with van der Waals surface area (Å²) in [5.41, 5.74) is 8.13. The van der Waals surface area contributed by atoms with E-state index in [1.807, 2.05) is 28.9 Å². The lowest BCUT2D eigenvalue weighted by Crippen LogP contribution is -2.24. The van der Waals surface area contributed by atoms with Crippen molar-refractivity contribution in [1.29, 1.82) is 0 Å². The number of nitrogen functional groups attached to an aromatic ring is 1. The van der Waals surface area contributed by atoms with Gasteiger partial charge in [0, 0.05) is 11.3 Å². The summed E-state index contributed by atoms with van der Waals surface area (Å²) in [7, 11) is 0.